The molecule has 0 N–H and O–H groups in total. The standard InChI is InChI=1S/C9H11F4/c10-8(9(11,12)13)7-4-5-1-2-6(7)3-5/h5-7H,1-4H2. The van der Waals surface area contributed by atoms with Crippen LogP contribution in [0.15, 0.2) is 0 Å². The quantitative estimate of drug-likeness (QED) is 0.562. The molecule has 4 heteroatoms. The van der Waals surface area contributed by atoms with E-state index in [4.69, 9.17) is 0 Å². The van der Waals surface area contributed by atoms with E-state index in [0.29, 0.717) is 12.3 Å². The highest BCUT2D eigenvalue weighted by molar-refractivity contribution is 5.03. The summed E-state index contributed by atoms with van der Waals surface area (Å²) in [7, 11) is 0. The first kappa shape index (κ1) is 9.28. The molecule has 75 valence electrons. The van der Waals surface area contributed by atoms with Crippen molar-refractivity contribution in [3.63, 3.8) is 0 Å². The van der Waals surface area contributed by atoms with Crippen LogP contribution in [0.25, 0.3) is 0 Å². The molecule has 3 atom stereocenters. The Morgan fingerprint density at radius 2 is 1.77 bits per heavy atom. The van der Waals surface area contributed by atoms with E-state index in [-0.39, 0.29) is 5.92 Å². The Bertz CT molecular complexity index is 198. The predicted octanol–water partition coefficient (Wildman–Crippen LogP) is 3.49. The first-order chi connectivity index (χ1) is 5.98. The van der Waals surface area contributed by atoms with Crippen LogP contribution in [-0.4, -0.2) is 6.18 Å². The Hall–Kier alpha value is -0.280. The van der Waals surface area contributed by atoms with Gasteiger partial charge in [0.1, 0.15) is 0 Å². The molecule has 2 aliphatic carbocycles. The average molecular weight is 195 g/mol. The van der Waals surface area contributed by atoms with E-state index in [2.05, 4.69) is 0 Å². The van der Waals surface area contributed by atoms with E-state index in [1.807, 2.05) is 0 Å². The molecule has 0 aromatic rings. The van der Waals surface area contributed by atoms with Crippen LogP contribution in [0.2, 0.25) is 0 Å². The first-order valence-electron chi connectivity index (χ1n) is 4.58. The van der Waals surface area contributed by atoms with Crippen LogP contribution < -0.4 is 0 Å². The van der Waals surface area contributed by atoms with Gasteiger partial charge in [0.2, 0.25) is 0 Å². The van der Waals surface area contributed by atoms with Gasteiger partial charge < -0.3 is 0 Å². The number of alkyl halides is 3. The lowest BCUT2D eigenvalue weighted by atomic mass is 9.85. The van der Waals surface area contributed by atoms with Crippen LogP contribution in [-0.2, 0) is 0 Å². The third kappa shape index (κ3) is 1.55. The minimum atomic E-state index is -4.73. The Balaban J connectivity index is 2.02. The van der Waals surface area contributed by atoms with Crippen molar-refractivity contribution in [2.75, 3.05) is 0 Å². The van der Waals surface area contributed by atoms with Crippen LogP contribution in [0.3, 0.4) is 0 Å². The second kappa shape index (κ2) is 2.85. The van der Waals surface area contributed by atoms with Gasteiger partial charge in [0.05, 0.1) is 0 Å². The highest BCUT2D eigenvalue weighted by atomic mass is 19.4. The molecule has 2 aliphatic rings. The Morgan fingerprint density at radius 3 is 2.15 bits per heavy atom. The summed E-state index contributed by atoms with van der Waals surface area (Å²) in [5.74, 6) is -0.506. The summed E-state index contributed by atoms with van der Waals surface area (Å²) in [6.45, 7) is 0. The van der Waals surface area contributed by atoms with Crippen molar-refractivity contribution in [1.82, 2.24) is 0 Å². The van der Waals surface area contributed by atoms with Crippen molar-refractivity contribution in [3.05, 3.63) is 6.17 Å². The normalized spacial score (nSPS) is 39.0. The molecule has 2 rings (SSSR count). The molecule has 3 unspecified atom stereocenters. The average Bonchev–Trinajstić information content (AvgIpc) is 2.60. The maximum atomic E-state index is 12.9. The topological polar surface area (TPSA) is 0 Å². The highest BCUT2D eigenvalue weighted by Gasteiger charge is 2.54. The third-order valence-electron chi connectivity index (χ3n) is 3.33. The van der Waals surface area contributed by atoms with Crippen molar-refractivity contribution in [2.45, 2.75) is 31.9 Å². The van der Waals surface area contributed by atoms with E-state index in [9.17, 15) is 17.6 Å². The molecule has 2 saturated carbocycles. The Morgan fingerprint density at radius 1 is 1.08 bits per heavy atom. The van der Waals surface area contributed by atoms with Gasteiger partial charge in [0, 0.05) is 5.92 Å². The van der Waals surface area contributed by atoms with E-state index >= 15 is 0 Å². The van der Waals surface area contributed by atoms with Crippen LogP contribution in [0.4, 0.5) is 17.6 Å². The van der Waals surface area contributed by atoms with E-state index < -0.39 is 18.3 Å². The van der Waals surface area contributed by atoms with Gasteiger partial charge in [0.15, 0.2) is 0 Å². The predicted molar refractivity (Wildman–Crippen MR) is 39.3 cm³/mol. The molecule has 0 spiro atoms. The van der Waals surface area contributed by atoms with Crippen molar-refractivity contribution >= 4 is 0 Å². The van der Waals surface area contributed by atoms with Gasteiger partial charge in [-0.3, -0.25) is 0 Å². The smallest absolute Gasteiger partial charge is 0.229 e. The van der Waals surface area contributed by atoms with Gasteiger partial charge in [-0.1, -0.05) is 6.42 Å². The first-order valence-corrected chi connectivity index (χ1v) is 4.58. The van der Waals surface area contributed by atoms with Crippen LogP contribution in [0.5, 0.6) is 0 Å². The number of fused-ring (bicyclic) bond motifs is 2. The van der Waals surface area contributed by atoms with Gasteiger partial charge >= 0.3 is 6.18 Å². The summed E-state index contributed by atoms with van der Waals surface area (Å²) in [6, 6.07) is 0. The van der Waals surface area contributed by atoms with Crippen LogP contribution in [0, 0.1) is 23.9 Å². The lowest BCUT2D eigenvalue weighted by molar-refractivity contribution is -0.152. The summed E-state index contributed by atoms with van der Waals surface area (Å²) < 4.78 is 48.9. The fraction of sp³-hybridized carbons (Fsp3) is 0.889. The zero-order valence-corrected chi connectivity index (χ0v) is 7.07. The van der Waals surface area contributed by atoms with Crippen molar-refractivity contribution in [1.29, 1.82) is 0 Å². The lowest BCUT2D eigenvalue weighted by Crippen LogP contribution is -2.28. The molecule has 0 saturated heterocycles. The molecular formula is C9H11F4. The summed E-state index contributed by atoms with van der Waals surface area (Å²) in [6.07, 6.45) is -3.48. The monoisotopic (exact) mass is 195 g/mol. The summed E-state index contributed by atoms with van der Waals surface area (Å²) >= 11 is 0. The molecule has 0 amide bonds. The largest absolute Gasteiger partial charge is 0.426 e. The van der Waals surface area contributed by atoms with Gasteiger partial charge in [0.25, 0.3) is 6.17 Å². The maximum Gasteiger partial charge on any atom is 0.426 e. The summed E-state index contributed by atoms with van der Waals surface area (Å²) in [4.78, 5) is 0. The molecule has 2 fully saturated rings. The Kier molecular flexibility index (Phi) is 2.04. The zero-order valence-electron chi connectivity index (χ0n) is 7.07. The fourth-order valence-corrected chi connectivity index (χ4v) is 2.77. The second-order valence-electron chi connectivity index (χ2n) is 4.13. The van der Waals surface area contributed by atoms with Gasteiger partial charge in [-0.15, -0.1) is 0 Å². The maximum absolute atomic E-state index is 12.9. The van der Waals surface area contributed by atoms with Gasteiger partial charge in [-0.25, -0.2) is 4.39 Å². The third-order valence-corrected chi connectivity index (χ3v) is 3.33. The van der Waals surface area contributed by atoms with Crippen molar-refractivity contribution < 1.29 is 17.6 Å². The molecule has 0 nitrogen and oxygen atoms in total. The van der Waals surface area contributed by atoms with E-state index in [1.165, 1.54) is 0 Å². The molecular weight excluding hydrogens is 184 g/mol. The minimum absolute atomic E-state index is 0.0355. The van der Waals surface area contributed by atoms with Crippen LogP contribution in [0.1, 0.15) is 25.7 Å². The second-order valence-corrected chi connectivity index (χ2v) is 4.13. The fourth-order valence-electron chi connectivity index (χ4n) is 2.77. The molecule has 2 bridgehead atoms. The highest BCUT2D eigenvalue weighted by Crippen LogP contribution is 2.55. The number of hydrogen-bond acceptors (Lipinski definition) is 0. The zero-order chi connectivity index (χ0) is 9.64. The van der Waals surface area contributed by atoms with E-state index in [0.717, 1.165) is 19.3 Å². The molecule has 0 heterocycles. The molecule has 0 aliphatic heterocycles. The van der Waals surface area contributed by atoms with Gasteiger partial charge in [-0.2, -0.15) is 13.2 Å². The van der Waals surface area contributed by atoms with Crippen molar-refractivity contribution in [3.8, 4) is 0 Å². The summed E-state index contributed by atoms with van der Waals surface area (Å²) in [5.41, 5.74) is 0. The van der Waals surface area contributed by atoms with Crippen LogP contribution >= 0.6 is 0 Å². The molecule has 1 radical (unpaired) electrons. The lowest BCUT2D eigenvalue weighted by Gasteiger charge is -2.25. The van der Waals surface area contributed by atoms with E-state index in [1.54, 1.807) is 0 Å². The molecule has 0 aromatic carbocycles. The number of halogens is 4. The number of hydrogen-bond donors (Lipinski definition) is 0. The summed E-state index contributed by atoms with van der Waals surface area (Å²) in [5, 5.41) is 0. The van der Waals surface area contributed by atoms with Crippen molar-refractivity contribution in [2.24, 2.45) is 17.8 Å². The number of rotatable bonds is 1. The molecule has 0 aromatic heterocycles. The SMILES string of the molecule is F[C](C1CC2CCC1C2)C(F)(F)F. The molecule has 13 heavy (non-hydrogen) atoms. The van der Waals surface area contributed by atoms with Gasteiger partial charge in [-0.05, 0) is 31.1 Å². The Labute approximate surface area is 74.3 Å². The minimum Gasteiger partial charge on any atom is -0.229 e.